The number of likely N-dealkylation sites (tertiary alicyclic amines) is 1. The second kappa shape index (κ2) is 4.87. The highest BCUT2D eigenvalue weighted by Crippen LogP contribution is 2.36. The molecule has 1 fully saturated rings. The van der Waals surface area contributed by atoms with Gasteiger partial charge in [-0.25, -0.2) is 4.79 Å². The van der Waals surface area contributed by atoms with Gasteiger partial charge >= 0.3 is 6.09 Å². The molecule has 3 heteroatoms. The Bertz CT molecular complexity index is 280. The number of piperidine rings is 1. The summed E-state index contributed by atoms with van der Waals surface area (Å²) in [5, 5.41) is 0. The second-order valence-corrected chi connectivity index (χ2v) is 6.81. The zero-order valence-electron chi connectivity index (χ0n) is 12.2. The minimum absolute atomic E-state index is 0.163. The second-order valence-electron chi connectivity index (χ2n) is 6.81. The fourth-order valence-electron chi connectivity index (χ4n) is 2.22. The van der Waals surface area contributed by atoms with E-state index in [1.54, 1.807) is 0 Å². The summed E-state index contributed by atoms with van der Waals surface area (Å²) >= 11 is 0. The van der Waals surface area contributed by atoms with Crippen molar-refractivity contribution in [1.82, 2.24) is 4.90 Å². The Morgan fingerprint density at radius 3 is 2.41 bits per heavy atom. The topological polar surface area (TPSA) is 29.5 Å². The molecule has 100 valence electrons. The van der Waals surface area contributed by atoms with E-state index in [1.165, 1.54) is 6.42 Å². The van der Waals surface area contributed by atoms with Crippen LogP contribution in [0, 0.1) is 11.3 Å². The van der Waals surface area contributed by atoms with Gasteiger partial charge in [0.05, 0.1) is 0 Å². The summed E-state index contributed by atoms with van der Waals surface area (Å²) in [6.07, 6.45) is 2.11. The first-order chi connectivity index (χ1) is 7.64. The zero-order valence-corrected chi connectivity index (χ0v) is 12.2. The molecular formula is C14H27NO2. The molecule has 1 rings (SSSR count). The summed E-state index contributed by atoms with van der Waals surface area (Å²) in [6.45, 7) is 14.1. The Morgan fingerprint density at radius 2 is 1.94 bits per heavy atom. The molecule has 0 bridgehead atoms. The van der Waals surface area contributed by atoms with Crippen molar-refractivity contribution in [1.29, 1.82) is 0 Å². The number of carbonyl (C=O) groups is 1. The van der Waals surface area contributed by atoms with E-state index in [0.717, 1.165) is 19.5 Å². The summed E-state index contributed by atoms with van der Waals surface area (Å²) < 4.78 is 5.44. The smallest absolute Gasteiger partial charge is 0.410 e. The summed E-state index contributed by atoms with van der Waals surface area (Å²) in [5.74, 6) is 0.590. The largest absolute Gasteiger partial charge is 0.444 e. The van der Waals surface area contributed by atoms with Gasteiger partial charge in [0.2, 0.25) is 0 Å². The summed E-state index contributed by atoms with van der Waals surface area (Å²) in [4.78, 5) is 13.9. The van der Waals surface area contributed by atoms with Crippen LogP contribution in [0.3, 0.4) is 0 Å². The maximum Gasteiger partial charge on any atom is 0.410 e. The third-order valence-electron chi connectivity index (χ3n) is 3.77. The summed E-state index contributed by atoms with van der Waals surface area (Å²) in [5.41, 5.74) is -0.169. The maximum absolute atomic E-state index is 12.0. The predicted molar refractivity (Wildman–Crippen MR) is 70.0 cm³/mol. The highest BCUT2D eigenvalue weighted by atomic mass is 16.6. The quantitative estimate of drug-likeness (QED) is 0.701. The average Bonchev–Trinajstić information content (AvgIpc) is 2.15. The molecule has 1 heterocycles. The van der Waals surface area contributed by atoms with E-state index >= 15 is 0 Å². The Labute approximate surface area is 106 Å². The van der Waals surface area contributed by atoms with Crippen molar-refractivity contribution in [3.63, 3.8) is 0 Å². The van der Waals surface area contributed by atoms with Crippen molar-refractivity contribution >= 4 is 6.09 Å². The van der Waals surface area contributed by atoms with E-state index in [0.29, 0.717) is 5.92 Å². The lowest BCUT2D eigenvalue weighted by molar-refractivity contribution is -0.00105. The number of hydrogen-bond donors (Lipinski definition) is 0. The number of carbonyl (C=O) groups excluding carboxylic acids is 1. The van der Waals surface area contributed by atoms with E-state index in [2.05, 4.69) is 20.8 Å². The van der Waals surface area contributed by atoms with Crippen molar-refractivity contribution in [3.05, 3.63) is 0 Å². The molecule has 0 spiro atoms. The van der Waals surface area contributed by atoms with Crippen molar-refractivity contribution < 1.29 is 9.53 Å². The van der Waals surface area contributed by atoms with Crippen molar-refractivity contribution in [2.75, 3.05) is 13.1 Å². The van der Waals surface area contributed by atoms with Gasteiger partial charge in [-0.05, 0) is 44.9 Å². The molecule has 1 aliphatic heterocycles. The fraction of sp³-hybridized carbons (Fsp3) is 0.929. The third-order valence-corrected chi connectivity index (χ3v) is 3.77. The monoisotopic (exact) mass is 241 g/mol. The minimum Gasteiger partial charge on any atom is -0.444 e. The number of ether oxygens (including phenoxy) is 1. The van der Waals surface area contributed by atoms with Gasteiger partial charge in [-0.15, -0.1) is 0 Å². The third kappa shape index (κ3) is 3.90. The first kappa shape index (κ1) is 14.3. The molecular weight excluding hydrogens is 214 g/mol. The Kier molecular flexibility index (Phi) is 4.11. The molecule has 0 saturated carbocycles. The van der Waals surface area contributed by atoms with Crippen molar-refractivity contribution in [3.8, 4) is 0 Å². The van der Waals surface area contributed by atoms with Gasteiger partial charge in [-0.1, -0.05) is 20.8 Å². The number of amides is 1. The van der Waals surface area contributed by atoms with Gasteiger partial charge in [0, 0.05) is 13.1 Å². The van der Waals surface area contributed by atoms with E-state index in [9.17, 15) is 4.79 Å². The number of hydrogen-bond acceptors (Lipinski definition) is 2. The van der Waals surface area contributed by atoms with Crippen LogP contribution < -0.4 is 0 Å². The van der Waals surface area contributed by atoms with Crippen LogP contribution >= 0.6 is 0 Å². The van der Waals surface area contributed by atoms with E-state index in [-0.39, 0.29) is 11.5 Å². The molecule has 1 atom stereocenters. The van der Waals surface area contributed by atoms with Crippen LogP contribution in [0.2, 0.25) is 0 Å². The van der Waals surface area contributed by atoms with Gasteiger partial charge in [0.1, 0.15) is 5.60 Å². The zero-order chi connectivity index (χ0) is 13.3. The predicted octanol–water partition coefficient (Wildman–Crippen LogP) is 3.68. The SMILES string of the molecule is CC(C)C1(C)CCCN(C(=O)OC(C)(C)C)C1. The van der Waals surface area contributed by atoms with E-state index < -0.39 is 5.60 Å². The molecule has 17 heavy (non-hydrogen) atoms. The van der Waals surface area contributed by atoms with Gasteiger partial charge in [-0.3, -0.25) is 0 Å². The first-order valence-corrected chi connectivity index (χ1v) is 6.62. The van der Waals surface area contributed by atoms with E-state index in [1.807, 2.05) is 25.7 Å². The fourth-order valence-corrected chi connectivity index (χ4v) is 2.22. The van der Waals surface area contributed by atoms with Crippen LogP contribution in [-0.4, -0.2) is 29.7 Å². The van der Waals surface area contributed by atoms with Crippen LogP contribution in [-0.2, 0) is 4.74 Å². The Balaban J connectivity index is 2.64. The standard InChI is InChI=1S/C14H27NO2/c1-11(2)14(6)8-7-9-15(10-14)12(16)17-13(3,4)5/h11H,7-10H2,1-6H3. The van der Waals surface area contributed by atoms with E-state index in [4.69, 9.17) is 4.74 Å². The molecule has 0 radical (unpaired) electrons. The minimum atomic E-state index is -0.400. The van der Waals surface area contributed by atoms with Crippen molar-refractivity contribution in [2.24, 2.45) is 11.3 Å². The Morgan fingerprint density at radius 1 is 1.35 bits per heavy atom. The lowest BCUT2D eigenvalue weighted by Crippen LogP contribution is -2.48. The summed E-state index contributed by atoms with van der Waals surface area (Å²) in [7, 11) is 0. The van der Waals surface area contributed by atoms with Gasteiger partial charge in [0.15, 0.2) is 0 Å². The van der Waals surface area contributed by atoms with Crippen LogP contribution in [0.5, 0.6) is 0 Å². The maximum atomic E-state index is 12.0. The van der Waals surface area contributed by atoms with Gasteiger partial charge in [0.25, 0.3) is 0 Å². The molecule has 1 unspecified atom stereocenters. The van der Waals surface area contributed by atoms with Crippen LogP contribution in [0.25, 0.3) is 0 Å². The van der Waals surface area contributed by atoms with Crippen LogP contribution in [0.1, 0.15) is 54.4 Å². The van der Waals surface area contributed by atoms with Gasteiger partial charge in [-0.2, -0.15) is 0 Å². The summed E-state index contributed by atoms with van der Waals surface area (Å²) in [6, 6.07) is 0. The first-order valence-electron chi connectivity index (χ1n) is 6.62. The number of nitrogens with zero attached hydrogens (tertiary/aromatic N) is 1. The molecule has 0 aromatic rings. The highest BCUT2D eigenvalue weighted by molar-refractivity contribution is 5.68. The molecule has 1 saturated heterocycles. The Hall–Kier alpha value is -0.730. The van der Waals surface area contributed by atoms with Crippen LogP contribution in [0.15, 0.2) is 0 Å². The highest BCUT2D eigenvalue weighted by Gasteiger charge is 2.36. The lowest BCUT2D eigenvalue weighted by Gasteiger charge is -2.43. The molecule has 1 amide bonds. The average molecular weight is 241 g/mol. The molecule has 3 nitrogen and oxygen atoms in total. The normalized spacial score (nSPS) is 26.2. The number of rotatable bonds is 1. The van der Waals surface area contributed by atoms with Gasteiger partial charge < -0.3 is 9.64 Å². The molecule has 1 aliphatic rings. The lowest BCUT2D eigenvalue weighted by atomic mass is 9.73. The van der Waals surface area contributed by atoms with Crippen LogP contribution in [0.4, 0.5) is 4.79 Å². The molecule has 0 aromatic heterocycles. The molecule has 0 N–H and O–H groups in total. The molecule has 0 aromatic carbocycles. The van der Waals surface area contributed by atoms with Crippen molar-refractivity contribution in [2.45, 2.75) is 60.0 Å². The molecule has 0 aliphatic carbocycles.